The van der Waals surface area contributed by atoms with Gasteiger partial charge in [0.15, 0.2) is 0 Å². The minimum Gasteiger partial charge on any atom is -0.467 e. The predicted molar refractivity (Wildman–Crippen MR) is 73.7 cm³/mol. The van der Waals surface area contributed by atoms with Gasteiger partial charge in [-0.2, -0.15) is 5.10 Å². The number of nitrogens with two attached hydrogens (primary N) is 1. The zero-order valence-corrected chi connectivity index (χ0v) is 11.8. The fraction of sp³-hybridized carbons (Fsp3) is 0.417. The number of hydrogen-bond acceptors (Lipinski definition) is 5. The van der Waals surface area contributed by atoms with Crippen LogP contribution >= 0.6 is 11.6 Å². The molecule has 0 saturated heterocycles. The van der Waals surface area contributed by atoms with E-state index in [0.29, 0.717) is 10.8 Å². The first-order chi connectivity index (χ1) is 9.13. The molecule has 2 aromatic rings. The Bertz CT molecular complexity index is 508. The van der Waals surface area contributed by atoms with Gasteiger partial charge in [-0.3, -0.25) is 10.5 Å². The molecule has 2 aromatic heterocycles. The van der Waals surface area contributed by atoms with Crippen LogP contribution in [0.3, 0.4) is 0 Å². The summed E-state index contributed by atoms with van der Waals surface area (Å²) in [4.78, 5) is 2.08. The Morgan fingerprint density at radius 3 is 2.95 bits per heavy atom. The molecule has 7 heteroatoms. The van der Waals surface area contributed by atoms with Crippen molar-refractivity contribution >= 4 is 11.6 Å². The lowest BCUT2D eigenvalue weighted by atomic mass is 10.1. The Hall–Kier alpha value is -1.34. The fourth-order valence-corrected chi connectivity index (χ4v) is 2.13. The highest BCUT2D eigenvalue weighted by Crippen LogP contribution is 2.27. The molecule has 0 aliphatic carbocycles. The average molecular weight is 284 g/mol. The van der Waals surface area contributed by atoms with Crippen LogP contribution < -0.4 is 11.3 Å². The fourth-order valence-electron chi connectivity index (χ4n) is 1.88. The summed E-state index contributed by atoms with van der Waals surface area (Å²) in [5.41, 5.74) is 3.53. The summed E-state index contributed by atoms with van der Waals surface area (Å²) >= 11 is 6.22. The van der Waals surface area contributed by atoms with Crippen LogP contribution in [0.15, 0.2) is 29.0 Å². The summed E-state index contributed by atoms with van der Waals surface area (Å²) in [5.74, 6) is 6.33. The van der Waals surface area contributed by atoms with Gasteiger partial charge in [0.2, 0.25) is 0 Å². The van der Waals surface area contributed by atoms with E-state index in [9.17, 15) is 0 Å². The van der Waals surface area contributed by atoms with Crippen molar-refractivity contribution in [3.05, 3.63) is 41.1 Å². The third kappa shape index (κ3) is 3.16. The van der Waals surface area contributed by atoms with Crippen LogP contribution in [0.25, 0.3) is 0 Å². The van der Waals surface area contributed by atoms with Gasteiger partial charge in [0.05, 0.1) is 29.7 Å². The second-order valence-electron chi connectivity index (χ2n) is 4.52. The summed E-state index contributed by atoms with van der Waals surface area (Å²) in [6.07, 6.45) is 3.23. The molecule has 3 N–H and O–H groups in total. The lowest BCUT2D eigenvalue weighted by Gasteiger charge is -2.17. The SMILES string of the molecule is CN(C)CCn1ncc(Cl)c1C(NN)c1ccco1. The molecule has 104 valence electrons. The maximum Gasteiger partial charge on any atom is 0.128 e. The Balaban J connectivity index is 2.29. The highest BCUT2D eigenvalue weighted by Gasteiger charge is 2.23. The van der Waals surface area contributed by atoms with Crippen molar-refractivity contribution < 1.29 is 4.42 Å². The molecule has 2 heterocycles. The highest BCUT2D eigenvalue weighted by molar-refractivity contribution is 6.31. The standard InChI is InChI=1S/C12H18ClN5O/c1-17(2)5-6-18-12(9(13)8-15-18)11(16-14)10-4-3-7-19-10/h3-4,7-8,11,16H,5-6,14H2,1-2H3. The largest absolute Gasteiger partial charge is 0.467 e. The first kappa shape index (κ1) is 14.1. The van der Waals surface area contributed by atoms with Crippen molar-refractivity contribution in [2.24, 2.45) is 5.84 Å². The van der Waals surface area contributed by atoms with E-state index in [0.717, 1.165) is 18.8 Å². The zero-order chi connectivity index (χ0) is 13.8. The van der Waals surface area contributed by atoms with Crippen molar-refractivity contribution in [1.29, 1.82) is 0 Å². The van der Waals surface area contributed by atoms with Gasteiger partial charge >= 0.3 is 0 Å². The smallest absolute Gasteiger partial charge is 0.128 e. The van der Waals surface area contributed by atoms with Crippen LogP contribution in [0.5, 0.6) is 0 Å². The normalized spacial score (nSPS) is 13.1. The van der Waals surface area contributed by atoms with Gasteiger partial charge < -0.3 is 9.32 Å². The molecule has 1 unspecified atom stereocenters. The van der Waals surface area contributed by atoms with E-state index in [1.54, 1.807) is 12.5 Å². The molecular formula is C12H18ClN5O. The monoisotopic (exact) mass is 283 g/mol. The summed E-state index contributed by atoms with van der Waals surface area (Å²) < 4.78 is 7.24. The number of rotatable bonds is 6. The minimum absolute atomic E-state index is 0.313. The van der Waals surface area contributed by atoms with Crippen molar-refractivity contribution in [1.82, 2.24) is 20.1 Å². The van der Waals surface area contributed by atoms with Gasteiger partial charge in [-0.1, -0.05) is 11.6 Å². The van der Waals surface area contributed by atoms with Gasteiger partial charge in [-0.05, 0) is 26.2 Å². The molecule has 0 radical (unpaired) electrons. The third-order valence-corrected chi connectivity index (χ3v) is 3.15. The molecule has 0 bridgehead atoms. The number of hydrazine groups is 1. The molecule has 0 aliphatic heterocycles. The van der Waals surface area contributed by atoms with E-state index in [1.165, 1.54) is 0 Å². The van der Waals surface area contributed by atoms with Gasteiger partial charge in [0, 0.05) is 6.54 Å². The molecule has 0 aromatic carbocycles. The molecule has 1 atom stereocenters. The molecule has 0 fully saturated rings. The predicted octanol–water partition coefficient (Wildman–Crippen LogP) is 1.24. The summed E-state index contributed by atoms with van der Waals surface area (Å²) in [5, 5.41) is 4.85. The molecule has 19 heavy (non-hydrogen) atoms. The number of hydrogen-bond donors (Lipinski definition) is 2. The van der Waals surface area contributed by atoms with E-state index in [1.807, 2.05) is 30.9 Å². The lowest BCUT2D eigenvalue weighted by molar-refractivity contribution is 0.360. The van der Waals surface area contributed by atoms with E-state index >= 15 is 0 Å². The lowest BCUT2D eigenvalue weighted by Crippen LogP contribution is -2.31. The summed E-state index contributed by atoms with van der Waals surface area (Å²) in [6, 6.07) is 3.35. The van der Waals surface area contributed by atoms with Crippen molar-refractivity contribution in [2.75, 3.05) is 20.6 Å². The maximum absolute atomic E-state index is 6.22. The molecule has 0 saturated carbocycles. The molecule has 0 spiro atoms. The third-order valence-electron chi connectivity index (χ3n) is 2.86. The number of nitrogens with zero attached hydrogens (tertiary/aromatic N) is 3. The summed E-state index contributed by atoms with van der Waals surface area (Å²) in [6.45, 7) is 1.59. The van der Waals surface area contributed by atoms with E-state index in [2.05, 4.69) is 15.4 Å². The Labute approximate surface area is 117 Å². The Morgan fingerprint density at radius 2 is 2.37 bits per heavy atom. The van der Waals surface area contributed by atoms with E-state index in [-0.39, 0.29) is 6.04 Å². The van der Waals surface area contributed by atoms with Gasteiger partial charge in [-0.25, -0.2) is 5.43 Å². The van der Waals surface area contributed by atoms with Crippen LogP contribution in [0.4, 0.5) is 0 Å². The quantitative estimate of drug-likeness (QED) is 0.616. The van der Waals surface area contributed by atoms with Crippen LogP contribution in [0, 0.1) is 0 Å². The molecule has 2 rings (SSSR count). The summed E-state index contributed by atoms with van der Waals surface area (Å²) in [7, 11) is 4.02. The Morgan fingerprint density at radius 1 is 1.58 bits per heavy atom. The van der Waals surface area contributed by atoms with Crippen LogP contribution in [0.2, 0.25) is 5.02 Å². The average Bonchev–Trinajstić information content (AvgIpc) is 3.00. The Kier molecular flexibility index (Phi) is 4.60. The number of halogens is 1. The minimum atomic E-state index is -0.313. The maximum atomic E-state index is 6.22. The van der Waals surface area contributed by atoms with Crippen LogP contribution in [-0.4, -0.2) is 35.3 Å². The first-order valence-electron chi connectivity index (χ1n) is 5.99. The van der Waals surface area contributed by atoms with Crippen molar-refractivity contribution in [3.8, 4) is 0 Å². The molecule has 6 nitrogen and oxygen atoms in total. The second-order valence-corrected chi connectivity index (χ2v) is 4.93. The molecular weight excluding hydrogens is 266 g/mol. The van der Waals surface area contributed by atoms with Gasteiger partial charge in [0.25, 0.3) is 0 Å². The van der Waals surface area contributed by atoms with Crippen molar-refractivity contribution in [2.45, 2.75) is 12.6 Å². The topological polar surface area (TPSA) is 72.2 Å². The van der Waals surface area contributed by atoms with Crippen molar-refractivity contribution in [3.63, 3.8) is 0 Å². The zero-order valence-electron chi connectivity index (χ0n) is 11.0. The van der Waals surface area contributed by atoms with Crippen LogP contribution in [0.1, 0.15) is 17.5 Å². The molecule has 0 amide bonds. The highest BCUT2D eigenvalue weighted by atomic mass is 35.5. The van der Waals surface area contributed by atoms with E-state index < -0.39 is 0 Å². The van der Waals surface area contributed by atoms with Crippen LogP contribution in [-0.2, 0) is 6.54 Å². The molecule has 0 aliphatic rings. The number of aromatic nitrogens is 2. The number of likely N-dealkylation sites (N-methyl/N-ethyl adjacent to an activating group) is 1. The number of nitrogens with one attached hydrogen (secondary N) is 1. The second kappa shape index (κ2) is 6.21. The first-order valence-corrected chi connectivity index (χ1v) is 6.36. The van der Waals surface area contributed by atoms with Gasteiger partial charge in [-0.15, -0.1) is 0 Å². The number of furan rings is 1. The van der Waals surface area contributed by atoms with Gasteiger partial charge in [0.1, 0.15) is 11.8 Å². The van der Waals surface area contributed by atoms with E-state index in [4.69, 9.17) is 21.9 Å².